The Morgan fingerprint density at radius 3 is 2.36 bits per heavy atom. The van der Waals surface area contributed by atoms with Crippen molar-refractivity contribution in [2.75, 3.05) is 56.5 Å². The first-order valence-corrected chi connectivity index (χ1v) is 15.0. The molecular weight excluding hydrogens is 557 g/mol. The lowest BCUT2D eigenvalue weighted by molar-refractivity contribution is 0.0610. The molecule has 42 heavy (non-hydrogen) atoms. The Morgan fingerprint density at radius 1 is 1.05 bits per heavy atom. The normalized spacial score (nSPS) is 18.8. The summed E-state index contributed by atoms with van der Waals surface area (Å²) in [6, 6.07) is 16.1. The van der Waals surface area contributed by atoms with Crippen LogP contribution < -0.4 is 16.0 Å². The van der Waals surface area contributed by atoms with Gasteiger partial charge >= 0.3 is 0 Å². The molecule has 9 nitrogen and oxygen atoms in total. The predicted octanol–water partition coefficient (Wildman–Crippen LogP) is 3.81. The molecule has 2 aliphatic heterocycles. The molecule has 1 aromatic heterocycles. The molecule has 2 aliphatic rings. The van der Waals surface area contributed by atoms with Crippen LogP contribution in [0.5, 0.6) is 0 Å². The van der Waals surface area contributed by atoms with Gasteiger partial charge in [-0.1, -0.05) is 54.9 Å². The first kappa shape index (κ1) is 30.2. The number of nitrogens with zero attached hydrogens (tertiary/aromatic N) is 5. The number of piperidine rings is 1. The van der Waals surface area contributed by atoms with Crippen molar-refractivity contribution in [3.8, 4) is 11.1 Å². The molecule has 0 radical (unpaired) electrons. The molecule has 2 aromatic carbocycles. The van der Waals surface area contributed by atoms with E-state index in [9.17, 15) is 9.18 Å². The van der Waals surface area contributed by atoms with E-state index < -0.39 is 5.91 Å². The molecule has 0 unspecified atom stereocenters. The maximum absolute atomic E-state index is 13.3. The summed E-state index contributed by atoms with van der Waals surface area (Å²) >= 11 is 6.48. The van der Waals surface area contributed by atoms with Crippen LogP contribution in [0, 0.1) is 5.82 Å². The van der Waals surface area contributed by atoms with E-state index in [0.717, 1.165) is 69.7 Å². The van der Waals surface area contributed by atoms with Gasteiger partial charge < -0.3 is 21.1 Å². The molecular formula is C31H39ClFN7O2. The number of hydrogen-bond acceptors (Lipinski definition) is 8. The van der Waals surface area contributed by atoms with Gasteiger partial charge in [0.2, 0.25) is 0 Å². The number of anilines is 2. The summed E-state index contributed by atoms with van der Waals surface area (Å²) in [5.41, 5.74) is 9.45. The number of nitrogens with two attached hydrogens (primary N) is 1. The first-order valence-electron chi connectivity index (χ1n) is 14.7. The fourth-order valence-corrected chi connectivity index (χ4v) is 6.30. The Bertz CT molecular complexity index is 1350. The number of aliphatic hydroxyl groups is 1. The van der Waals surface area contributed by atoms with Crippen molar-refractivity contribution in [1.82, 2.24) is 25.1 Å². The number of carbonyl (C=O) groups is 1. The van der Waals surface area contributed by atoms with Gasteiger partial charge in [-0.25, -0.2) is 14.4 Å². The molecule has 2 fully saturated rings. The number of aromatic nitrogens is 2. The Morgan fingerprint density at radius 2 is 1.71 bits per heavy atom. The van der Waals surface area contributed by atoms with Crippen LogP contribution in [0.3, 0.4) is 0 Å². The number of likely N-dealkylation sites (tertiary alicyclic amines) is 1. The minimum atomic E-state index is -0.507. The molecule has 3 heterocycles. The first-order chi connectivity index (χ1) is 20.4. The second kappa shape index (κ2) is 13.8. The highest BCUT2D eigenvalue weighted by molar-refractivity contribution is 6.32. The topological polar surface area (TPSA) is 111 Å². The van der Waals surface area contributed by atoms with Crippen molar-refractivity contribution >= 4 is 29.1 Å². The van der Waals surface area contributed by atoms with Crippen molar-refractivity contribution in [3.63, 3.8) is 0 Å². The lowest BCUT2D eigenvalue weighted by Crippen LogP contribution is -2.58. The number of nitrogens with one attached hydrogen (secondary N) is 1. The molecule has 224 valence electrons. The molecule has 1 atom stereocenters. The van der Waals surface area contributed by atoms with Crippen molar-refractivity contribution in [2.24, 2.45) is 0 Å². The standard InChI is InChI=1S/C31H39ClFN7O2/c1-2-25-20-39(30-28(32)36-27(29(34)37-30)31(42)35-13-18-41)16-17-40(25)26-11-14-38(15-12-26)19-21-3-5-22(6-4-21)23-7-9-24(33)10-8-23/h3-10,25-26,41H,2,11-20H2,1H3,(H2,34,37)(H,35,42)/t25-/m0/s1. The average molecular weight is 596 g/mol. The van der Waals surface area contributed by atoms with E-state index >= 15 is 0 Å². The van der Waals surface area contributed by atoms with Crippen LogP contribution in [0.2, 0.25) is 5.15 Å². The second-order valence-electron chi connectivity index (χ2n) is 11.0. The molecule has 0 spiro atoms. The summed E-state index contributed by atoms with van der Waals surface area (Å²) in [7, 11) is 0. The van der Waals surface area contributed by atoms with Gasteiger partial charge in [0.25, 0.3) is 5.91 Å². The zero-order chi connectivity index (χ0) is 29.6. The third-order valence-corrected chi connectivity index (χ3v) is 8.59. The van der Waals surface area contributed by atoms with Crippen LogP contribution in [0.4, 0.5) is 16.0 Å². The summed E-state index contributed by atoms with van der Waals surface area (Å²) in [6.07, 6.45) is 3.24. The molecule has 5 rings (SSSR count). The largest absolute Gasteiger partial charge is 0.395 e. The van der Waals surface area contributed by atoms with Crippen molar-refractivity contribution in [3.05, 3.63) is 70.8 Å². The van der Waals surface area contributed by atoms with E-state index in [-0.39, 0.29) is 35.6 Å². The number of nitrogen functional groups attached to an aromatic ring is 1. The minimum Gasteiger partial charge on any atom is -0.395 e. The third-order valence-electron chi connectivity index (χ3n) is 8.34. The summed E-state index contributed by atoms with van der Waals surface area (Å²) in [5.74, 6) is -0.195. The van der Waals surface area contributed by atoms with Crippen molar-refractivity contribution < 1.29 is 14.3 Å². The molecule has 0 bridgehead atoms. The number of aliphatic hydroxyl groups excluding tert-OH is 1. The van der Waals surface area contributed by atoms with Gasteiger partial charge in [-0.3, -0.25) is 14.6 Å². The monoisotopic (exact) mass is 595 g/mol. The van der Waals surface area contributed by atoms with Crippen LogP contribution in [-0.2, 0) is 6.54 Å². The number of halogens is 2. The number of carbonyl (C=O) groups excluding carboxylic acids is 1. The summed E-state index contributed by atoms with van der Waals surface area (Å²) in [5, 5.41) is 11.6. The zero-order valence-electron chi connectivity index (χ0n) is 24.0. The number of hydrogen-bond donors (Lipinski definition) is 3. The van der Waals surface area contributed by atoms with Gasteiger partial charge in [0.1, 0.15) is 5.82 Å². The minimum absolute atomic E-state index is 0.0257. The van der Waals surface area contributed by atoms with E-state index in [1.807, 2.05) is 12.1 Å². The summed E-state index contributed by atoms with van der Waals surface area (Å²) < 4.78 is 13.3. The molecule has 0 aliphatic carbocycles. The molecule has 2 saturated heterocycles. The highest BCUT2D eigenvalue weighted by Crippen LogP contribution is 2.30. The fourth-order valence-electron chi connectivity index (χ4n) is 6.06. The number of piperazine rings is 1. The van der Waals surface area contributed by atoms with Crippen LogP contribution in [0.25, 0.3) is 11.1 Å². The Kier molecular flexibility index (Phi) is 9.89. The maximum atomic E-state index is 13.3. The molecule has 0 saturated carbocycles. The molecule has 1 amide bonds. The lowest BCUT2D eigenvalue weighted by Gasteiger charge is -2.47. The third kappa shape index (κ3) is 7.00. The van der Waals surface area contributed by atoms with Gasteiger partial charge in [-0.15, -0.1) is 0 Å². The van der Waals surface area contributed by atoms with Crippen LogP contribution >= 0.6 is 11.6 Å². The zero-order valence-corrected chi connectivity index (χ0v) is 24.7. The maximum Gasteiger partial charge on any atom is 0.273 e. The highest BCUT2D eigenvalue weighted by Gasteiger charge is 2.34. The quantitative estimate of drug-likeness (QED) is 0.343. The van der Waals surface area contributed by atoms with Crippen LogP contribution in [0.1, 0.15) is 42.2 Å². The van der Waals surface area contributed by atoms with Crippen LogP contribution in [0.15, 0.2) is 48.5 Å². The fraction of sp³-hybridized carbons (Fsp3) is 0.452. The van der Waals surface area contributed by atoms with E-state index in [1.54, 1.807) is 0 Å². The molecule has 3 aromatic rings. The van der Waals surface area contributed by atoms with Gasteiger partial charge in [0.05, 0.1) is 6.61 Å². The summed E-state index contributed by atoms with van der Waals surface area (Å²) in [4.78, 5) is 28.3. The van der Waals surface area contributed by atoms with Gasteiger partial charge in [-0.2, -0.15) is 0 Å². The van der Waals surface area contributed by atoms with Crippen LogP contribution in [-0.4, -0.2) is 88.7 Å². The Balaban J connectivity index is 1.15. The van der Waals surface area contributed by atoms with Gasteiger partial charge in [-0.05, 0) is 61.2 Å². The van der Waals surface area contributed by atoms with Crippen molar-refractivity contribution in [1.29, 1.82) is 0 Å². The van der Waals surface area contributed by atoms with E-state index in [2.05, 4.69) is 61.2 Å². The molecule has 11 heteroatoms. The Hall–Kier alpha value is -3.31. The number of rotatable bonds is 9. The Labute approximate surface area is 251 Å². The summed E-state index contributed by atoms with van der Waals surface area (Å²) in [6.45, 7) is 7.57. The number of amides is 1. The van der Waals surface area contributed by atoms with Gasteiger partial charge in [0, 0.05) is 44.8 Å². The smallest absolute Gasteiger partial charge is 0.273 e. The average Bonchev–Trinajstić information content (AvgIpc) is 3.01. The number of benzene rings is 2. The van der Waals surface area contributed by atoms with Crippen molar-refractivity contribution in [2.45, 2.75) is 44.8 Å². The van der Waals surface area contributed by atoms with E-state index in [1.165, 1.54) is 17.7 Å². The lowest BCUT2D eigenvalue weighted by atomic mass is 9.97. The van der Waals surface area contributed by atoms with Gasteiger partial charge in [0.15, 0.2) is 22.5 Å². The van der Waals surface area contributed by atoms with E-state index in [0.29, 0.717) is 17.9 Å². The SMILES string of the molecule is CC[C@H]1CN(c2nc(N)c(C(=O)NCCO)nc2Cl)CCN1C1CCN(Cc2ccc(-c3ccc(F)cc3)cc2)CC1. The predicted molar refractivity (Wildman–Crippen MR) is 164 cm³/mol. The highest BCUT2D eigenvalue weighted by atomic mass is 35.5. The second-order valence-corrected chi connectivity index (χ2v) is 11.4. The molecule has 4 N–H and O–H groups in total. The van der Waals surface area contributed by atoms with E-state index in [4.69, 9.17) is 22.4 Å².